The van der Waals surface area contributed by atoms with Crippen molar-refractivity contribution >= 4 is 11.6 Å². The number of nitrogens with one attached hydrogen (secondary N) is 1. The minimum atomic E-state index is 0.520. The standard InChI is InChI=1S/C15H26N4/c1-3-7-14-18-13(16)10-15(19-14)17-12-9-6-4-5-8-11(12)2/h10-12H,3-9H2,1-2H3,(H3,16,17,18,19). The maximum absolute atomic E-state index is 5.87. The van der Waals surface area contributed by atoms with Crippen LogP contribution in [0, 0.1) is 5.92 Å². The molecule has 1 fully saturated rings. The lowest BCUT2D eigenvalue weighted by Crippen LogP contribution is -2.27. The Bertz CT molecular complexity index is 405. The fourth-order valence-corrected chi connectivity index (χ4v) is 2.82. The first-order valence-corrected chi connectivity index (χ1v) is 7.59. The molecule has 1 saturated carbocycles. The molecule has 0 aromatic carbocycles. The van der Waals surface area contributed by atoms with E-state index in [2.05, 4.69) is 29.1 Å². The van der Waals surface area contributed by atoms with Gasteiger partial charge in [0.2, 0.25) is 0 Å². The summed E-state index contributed by atoms with van der Waals surface area (Å²) < 4.78 is 0. The van der Waals surface area contributed by atoms with Gasteiger partial charge < -0.3 is 11.1 Å². The summed E-state index contributed by atoms with van der Waals surface area (Å²) in [4.78, 5) is 8.86. The molecule has 4 nitrogen and oxygen atoms in total. The first-order chi connectivity index (χ1) is 9.19. The van der Waals surface area contributed by atoms with Crippen molar-refractivity contribution in [3.05, 3.63) is 11.9 Å². The highest BCUT2D eigenvalue weighted by atomic mass is 15.1. The summed E-state index contributed by atoms with van der Waals surface area (Å²) in [5, 5.41) is 3.58. The molecule has 3 N–H and O–H groups in total. The van der Waals surface area contributed by atoms with Crippen LogP contribution in [0.2, 0.25) is 0 Å². The number of nitrogen functional groups attached to an aromatic ring is 1. The van der Waals surface area contributed by atoms with E-state index in [-0.39, 0.29) is 0 Å². The molecule has 1 aliphatic carbocycles. The molecular weight excluding hydrogens is 236 g/mol. The van der Waals surface area contributed by atoms with Crippen LogP contribution in [-0.4, -0.2) is 16.0 Å². The van der Waals surface area contributed by atoms with E-state index in [0.29, 0.717) is 17.8 Å². The highest BCUT2D eigenvalue weighted by Gasteiger charge is 2.20. The lowest BCUT2D eigenvalue weighted by atomic mass is 9.97. The van der Waals surface area contributed by atoms with Crippen molar-refractivity contribution in [2.45, 2.75) is 64.8 Å². The predicted octanol–water partition coefficient (Wildman–Crippen LogP) is 3.39. The topological polar surface area (TPSA) is 63.8 Å². The molecule has 1 aromatic rings. The molecule has 0 spiro atoms. The molecular formula is C15H26N4. The Hall–Kier alpha value is -1.32. The molecule has 2 unspecified atom stereocenters. The number of nitrogens with two attached hydrogens (primary N) is 1. The van der Waals surface area contributed by atoms with Crippen molar-refractivity contribution in [3.8, 4) is 0 Å². The van der Waals surface area contributed by atoms with E-state index in [9.17, 15) is 0 Å². The van der Waals surface area contributed by atoms with Gasteiger partial charge in [-0.2, -0.15) is 0 Å². The van der Waals surface area contributed by atoms with Crippen LogP contribution in [0.4, 0.5) is 11.6 Å². The summed E-state index contributed by atoms with van der Waals surface area (Å²) in [7, 11) is 0. The number of anilines is 2. The van der Waals surface area contributed by atoms with Crippen LogP contribution in [0.15, 0.2) is 6.07 Å². The van der Waals surface area contributed by atoms with Crippen LogP contribution in [0.3, 0.4) is 0 Å². The Morgan fingerprint density at radius 3 is 2.84 bits per heavy atom. The Morgan fingerprint density at radius 2 is 2.05 bits per heavy atom. The molecule has 1 heterocycles. The molecule has 2 atom stereocenters. The lowest BCUT2D eigenvalue weighted by Gasteiger charge is -2.23. The van der Waals surface area contributed by atoms with Crippen molar-refractivity contribution < 1.29 is 0 Å². The van der Waals surface area contributed by atoms with Gasteiger partial charge in [0, 0.05) is 18.5 Å². The molecule has 0 saturated heterocycles. The van der Waals surface area contributed by atoms with Gasteiger partial charge in [0.15, 0.2) is 0 Å². The molecule has 0 bridgehead atoms. The molecule has 1 aliphatic rings. The van der Waals surface area contributed by atoms with E-state index < -0.39 is 0 Å². The zero-order chi connectivity index (χ0) is 13.7. The minimum absolute atomic E-state index is 0.520. The van der Waals surface area contributed by atoms with Crippen molar-refractivity contribution in [2.24, 2.45) is 5.92 Å². The van der Waals surface area contributed by atoms with Gasteiger partial charge in [-0.25, -0.2) is 9.97 Å². The van der Waals surface area contributed by atoms with Gasteiger partial charge in [-0.05, 0) is 25.2 Å². The van der Waals surface area contributed by atoms with Gasteiger partial charge in [-0.1, -0.05) is 33.1 Å². The first-order valence-electron chi connectivity index (χ1n) is 7.59. The van der Waals surface area contributed by atoms with Gasteiger partial charge in [0.1, 0.15) is 17.5 Å². The normalized spacial score (nSPS) is 23.9. The Morgan fingerprint density at radius 1 is 1.26 bits per heavy atom. The number of aromatic nitrogens is 2. The zero-order valence-corrected chi connectivity index (χ0v) is 12.2. The smallest absolute Gasteiger partial charge is 0.133 e. The van der Waals surface area contributed by atoms with E-state index >= 15 is 0 Å². The highest BCUT2D eigenvalue weighted by Crippen LogP contribution is 2.25. The quantitative estimate of drug-likeness (QED) is 0.816. The number of hydrogen-bond acceptors (Lipinski definition) is 4. The second kappa shape index (κ2) is 6.73. The van der Waals surface area contributed by atoms with E-state index in [1.807, 2.05) is 6.07 Å². The summed E-state index contributed by atoms with van der Waals surface area (Å²) in [6.45, 7) is 4.47. The predicted molar refractivity (Wildman–Crippen MR) is 80.1 cm³/mol. The number of aryl methyl sites for hydroxylation is 1. The molecule has 4 heteroatoms. The molecule has 2 rings (SSSR count). The van der Waals surface area contributed by atoms with E-state index in [4.69, 9.17) is 5.73 Å². The third-order valence-electron chi connectivity index (χ3n) is 3.96. The number of nitrogens with zero attached hydrogens (tertiary/aromatic N) is 2. The number of hydrogen-bond donors (Lipinski definition) is 2. The monoisotopic (exact) mass is 262 g/mol. The van der Waals surface area contributed by atoms with E-state index in [1.165, 1.54) is 32.1 Å². The molecule has 106 valence electrons. The zero-order valence-electron chi connectivity index (χ0n) is 12.2. The van der Waals surface area contributed by atoms with Crippen LogP contribution in [0.5, 0.6) is 0 Å². The average molecular weight is 262 g/mol. The Kier molecular flexibility index (Phi) is 5.00. The summed E-state index contributed by atoms with van der Waals surface area (Å²) in [5.41, 5.74) is 5.87. The Labute approximate surface area is 116 Å². The van der Waals surface area contributed by atoms with Crippen molar-refractivity contribution in [3.63, 3.8) is 0 Å². The van der Waals surface area contributed by atoms with Gasteiger partial charge in [-0.3, -0.25) is 0 Å². The summed E-state index contributed by atoms with van der Waals surface area (Å²) >= 11 is 0. The summed E-state index contributed by atoms with van der Waals surface area (Å²) in [6.07, 6.45) is 8.49. The van der Waals surface area contributed by atoms with Crippen LogP contribution in [0.25, 0.3) is 0 Å². The number of rotatable bonds is 4. The highest BCUT2D eigenvalue weighted by molar-refractivity contribution is 5.45. The van der Waals surface area contributed by atoms with Crippen molar-refractivity contribution in [2.75, 3.05) is 11.1 Å². The molecule has 19 heavy (non-hydrogen) atoms. The van der Waals surface area contributed by atoms with Gasteiger partial charge >= 0.3 is 0 Å². The fraction of sp³-hybridized carbons (Fsp3) is 0.733. The molecule has 0 aliphatic heterocycles. The third-order valence-corrected chi connectivity index (χ3v) is 3.96. The average Bonchev–Trinajstić information content (AvgIpc) is 2.55. The van der Waals surface area contributed by atoms with Crippen LogP contribution in [-0.2, 0) is 6.42 Å². The maximum atomic E-state index is 5.87. The molecule has 0 radical (unpaired) electrons. The van der Waals surface area contributed by atoms with Gasteiger partial charge in [0.05, 0.1) is 0 Å². The Balaban J connectivity index is 2.08. The molecule has 1 aromatic heterocycles. The van der Waals surface area contributed by atoms with E-state index in [1.54, 1.807) is 0 Å². The van der Waals surface area contributed by atoms with Gasteiger partial charge in [0.25, 0.3) is 0 Å². The molecule has 0 amide bonds. The van der Waals surface area contributed by atoms with E-state index in [0.717, 1.165) is 24.5 Å². The summed E-state index contributed by atoms with van der Waals surface area (Å²) in [6, 6.07) is 2.38. The lowest BCUT2D eigenvalue weighted by molar-refractivity contribution is 0.455. The largest absolute Gasteiger partial charge is 0.384 e. The van der Waals surface area contributed by atoms with Crippen molar-refractivity contribution in [1.82, 2.24) is 9.97 Å². The minimum Gasteiger partial charge on any atom is -0.384 e. The third kappa shape index (κ3) is 4.08. The van der Waals surface area contributed by atoms with Crippen LogP contribution in [0.1, 0.15) is 58.2 Å². The van der Waals surface area contributed by atoms with Crippen molar-refractivity contribution in [1.29, 1.82) is 0 Å². The fourth-order valence-electron chi connectivity index (χ4n) is 2.82. The SMILES string of the molecule is CCCc1nc(N)cc(NC2CCCCCC2C)n1. The second-order valence-electron chi connectivity index (χ2n) is 5.71. The van der Waals surface area contributed by atoms with Gasteiger partial charge in [-0.15, -0.1) is 0 Å². The first kappa shape index (κ1) is 14.1. The van der Waals surface area contributed by atoms with Crippen LogP contribution < -0.4 is 11.1 Å². The maximum Gasteiger partial charge on any atom is 0.133 e. The summed E-state index contributed by atoms with van der Waals surface area (Å²) in [5.74, 6) is 3.02. The van der Waals surface area contributed by atoms with Crippen LogP contribution >= 0.6 is 0 Å². The second-order valence-corrected chi connectivity index (χ2v) is 5.71.